The van der Waals surface area contributed by atoms with E-state index < -0.39 is 21.1 Å². The van der Waals surface area contributed by atoms with Crippen LogP contribution in [0, 0.1) is 5.21 Å². The summed E-state index contributed by atoms with van der Waals surface area (Å²) < 4.78 is 25.0. The van der Waals surface area contributed by atoms with E-state index in [2.05, 4.69) is 4.72 Å². The Balaban J connectivity index is 2.87. The summed E-state index contributed by atoms with van der Waals surface area (Å²) >= 11 is 0. The lowest BCUT2D eigenvalue weighted by Crippen LogP contribution is -3.23. The number of rotatable bonds is 2. The second-order valence-electron chi connectivity index (χ2n) is 6.09. The van der Waals surface area contributed by atoms with Gasteiger partial charge in [-0.1, -0.05) is 0 Å². The smallest absolute Gasteiger partial charge is 0.208 e. The van der Waals surface area contributed by atoms with E-state index in [9.17, 15) is 13.6 Å². The minimum atomic E-state index is -3.20. The third-order valence-corrected chi connectivity index (χ3v) is 3.89. The van der Waals surface area contributed by atoms with E-state index in [1.54, 1.807) is 0 Å². The van der Waals surface area contributed by atoms with Gasteiger partial charge in [0.2, 0.25) is 10.0 Å². The number of piperidine rings is 1. The fourth-order valence-electron chi connectivity index (χ4n) is 2.79. The fourth-order valence-corrected chi connectivity index (χ4v) is 3.56. The van der Waals surface area contributed by atoms with Gasteiger partial charge in [-0.2, -0.15) is 0 Å². The molecule has 0 aromatic rings. The van der Waals surface area contributed by atoms with Gasteiger partial charge < -0.3 is 10.3 Å². The highest BCUT2D eigenvalue weighted by Gasteiger charge is 2.45. The van der Waals surface area contributed by atoms with Gasteiger partial charge in [-0.25, -0.2) is 13.1 Å². The van der Waals surface area contributed by atoms with Crippen molar-refractivity contribution in [1.29, 1.82) is 0 Å². The van der Waals surface area contributed by atoms with E-state index in [1.165, 1.54) is 0 Å². The maximum Gasteiger partial charge on any atom is 0.208 e. The Kier molecular flexibility index (Phi) is 3.42. The quantitative estimate of drug-likeness (QED) is 0.657. The van der Waals surface area contributed by atoms with Gasteiger partial charge in [0, 0.05) is 18.9 Å². The standard InChI is InChI=1S/C10H22N2O3S/c1-9(2)6-8(11-16(5,14)15)7-10(3,4)12(9)13/h8,11-12H,6-7H2,1-5H3. The van der Waals surface area contributed by atoms with Gasteiger partial charge in [0.05, 0.1) is 17.3 Å². The second kappa shape index (κ2) is 3.94. The zero-order valence-electron chi connectivity index (χ0n) is 10.6. The Morgan fingerprint density at radius 3 is 1.88 bits per heavy atom. The van der Waals surface area contributed by atoms with Crippen LogP contribution >= 0.6 is 0 Å². The summed E-state index contributed by atoms with van der Waals surface area (Å²) in [7, 11) is -3.20. The van der Waals surface area contributed by atoms with Crippen molar-refractivity contribution in [2.45, 2.75) is 57.7 Å². The van der Waals surface area contributed by atoms with Gasteiger partial charge in [-0.15, -0.1) is 0 Å². The molecule has 0 unspecified atom stereocenters. The maximum absolute atomic E-state index is 12.1. The highest BCUT2D eigenvalue weighted by molar-refractivity contribution is 7.88. The van der Waals surface area contributed by atoms with Crippen molar-refractivity contribution >= 4 is 10.0 Å². The first-order valence-electron chi connectivity index (χ1n) is 5.46. The minimum Gasteiger partial charge on any atom is -0.634 e. The molecule has 0 atom stereocenters. The minimum absolute atomic E-state index is 0.141. The maximum atomic E-state index is 12.1. The summed E-state index contributed by atoms with van der Waals surface area (Å²) in [5, 5.41) is 12.3. The predicted octanol–water partition coefficient (Wildman–Crippen LogP) is -0.362. The van der Waals surface area contributed by atoms with E-state index in [0.29, 0.717) is 12.8 Å². The molecule has 1 saturated heterocycles. The second-order valence-corrected chi connectivity index (χ2v) is 7.87. The molecule has 1 aliphatic heterocycles. The van der Waals surface area contributed by atoms with Crippen molar-refractivity contribution < 1.29 is 13.5 Å². The summed E-state index contributed by atoms with van der Waals surface area (Å²) in [6.07, 6.45) is 2.30. The predicted molar refractivity (Wildman–Crippen MR) is 63.5 cm³/mol. The van der Waals surface area contributed by atoms with Gasteiger partial charge in [0.15, 0.2) is 0 Å². The summed E-state index contributed by atoms with van der Waals surface area (Å²) in [6.45, 7) is 7.53. The van der Waals surface area contributed by atoms with Gasteiger partial charge in [-0.3, -0.25) is 0 Å². The molecule has 6 heteroatoms. The number of quaternary nitrogens is 1. The van der Waals surface area contributed by atoms with E-state index in [1.807, 2.05) is 27.7 Å². The fraction of sp³-hybridized carbons (Fsp3) is 1.00. The lowest BCUT2D eigenvalue weighted by Gasteiger charge is -2.54. The first-order chi connectivity index (χ1) is 6.94. The van der Waals surface area contributed by atoms with E-state index in [4.69, 9.17) is 0 Å². The molecule has 0 saturated carbocycles. The average Bonchev–Trinajstić information content (AvgIpc) is 1.95. The van der Waals surface area contributed by atoms with Crippen LogP contribution in [0.2, 0.25) is 0 Å². The van der Waals surface area contributed by atoms with Crippen LogP contribution in [0.3, 0.4) is 0 Å². The topological polar surface area (TPSA) is 73.7 Å². The van der Waals surface area contributed by atoms with E-state index in [0.717, 1.165) is 6.26 Å². The van der Waals surface area contributed by atoms with Crippen LogP contribution in [0.15, 0.2) is 0 Å². The molecule has 5 nitrogen and oxygen atoms in total. The van der Waals surface area contributed by atoms with Crippen molar-refractivity contribution in [2.75, 3.05) is 6.26 Å². The van der Waals surface area contributed by atoms with Crippen LogP contribution < -0.4 is 9.79 Å². The molecular weight excluding hydrogens is 228 g/mol. The number of hydrogen-bond donors (Lipinski definition) is 2. The molecule has 0 radical (unpaired) electrons. The van der Waals surface area contributed by atoms with Crippen molar-refractivity contribution in [3.05, 3.63) is 5.21 Å². The van der Waals surface area contributed by atoms with Crippen molar-refractivity contribution in [1.82, 2.24) is 4.72 Å². The Labute approximate surface area is 97.8 Å². The van der Waals surface area contributed by atoms with Gasteiger partial charge in [0.25, 0.3) is 0 Å². The Bertz CT molecular complexity index is 344. The summed E-state index contributed by atoms with van der Waals surface area (Å²) in [5.74, 6) is 0. The largest absolute Gasteiger partial charge is 0.634 e. The molecule has 0 aromatic carbocycles. The van der Waals surface area contributed by atoms with Crippen LogP contribution in [-0.2, 0) is 10.0 Å². The number of sulfonamides is 1. The summed E-state index contributed by atoms with van der Waals surface area (Å²) in [5.41, 5.74) is -0.909. The third-order valence-electron chi connectivity index (χ3n) is 3.12. The molecule has 0 aromatic heterocycles. The van der Waals surface area contributed by atoms with Crippen LogP contribution in [-0.4, -0.2) is 31.8 Å². The number of hydroxylamine groups is 2. The Hall–Kier alpha value is -0.170. The molecule has 0 bridgehead atoms. The van der Waals surface area contributed by atoms with Crippen LogP contribution in [0.1, 0.15) is 40.5 Å². The summed E-state index contributed by atoms with van der Waals surface area (Å²) in [6, 6.07) is -0.141. The SMILES string of the molecule is CC1(C)CC(NS(C)(=O)=O)CC(C)(C)[NH+]1[O-]. The molecular formula is C10H22N2O3S. The van der Waals surface area contributed by atoms with Gasteiger partial charge in [0.1, 0.15) is 0 Å². The van der Waals surface area contributed by atoms with Gasteiger partial charge in [-0.05, 0) is 27.7 Å². The third kappa shape index (κ3) is 3.16. The highest BCUT2D eigenvalue weighted by atomic mass is 32.2. The molecule has 1 aliphatic rings. The molecule has 96 valence electrons. The molecule has 1 rings (SSSR count). The lowest BCUT2D eigenvalue weighted by molar-refractivity contribution is -0.955. The molecule has 1 heterocycles. The zero-order valence-corrected chi connectivity index (χ0v) is 11.4. The molecule has 1 fully saturated rings. The van der Waals surface area contributed by atoms with Crippen molar-refractivity contribution in [2.24, 2.45) is 0 Å². The molecule has 16 heavy (non-hydrogen) atoms. The molecule has 0 spiro atoms. The van der Waals surface area contributed by atoms with E-state index >= 15 is 0 Å². The van der Waals surface area contributed by atoms with E-state index in [-0.39, 0.29) is 11.1 Å². The monoisotopic (exact) mass is 250 g/mol. The Morgan fingerprint density at radius 2 is 1.56 bits per heavy atom. The first-order valence-corrected chi connectivity index (χ1v) is 7.35. The highest BCUT2D eigenvalue weighted by Crippen LogP contribution is 2.23. The molecule has 0 aliphatic carbocycles. The van der Waals surface area contributed by atoms with Crippen molar-refractivity contribution in [3.8, 4) is 0 Å². The molecule has 2 N–H and O–H groups in total. The van der Waals surface area contributed by atoms with Crippen molar-refractivity contribution in [3.63, 3.8) is 0 Å². The molecule has 0 amide bonds. The summed E-state index contributed by atoms with van der Waals surface area (Å²) in [4.78, 5) is 0. The first kappa shape index (κ1) is 13.9. The van der Waals surface area contributed by atoms with Gasteiger partial charge >= 0.3 is 0 Å². The number of hydrogen-bond acceptors (Lipinski definition) is 3. The van der Waals surface area contributed by atoms with Crippen LogP contribution in [0.25, 0.3) is 0 Å². The van der Waals surface area contributed by atoms with Crippen LogP contribution in [0.4, 0.5) is 0 Å². The zero-order chi connectivity index (χ0) is 12.8. The average molecular weight is 250 g/mol. The van der Waals surface area contributed by atoms with Crippen LogP contribution in [0.5, 0.6) is 0 Å². The lowest BCUT2D eigenvalue weighted by atomic mass is 9.79. The Morgan fingerprint density at radius 1 is 1.19 bits per heavy atom. The normalized spacial score (nSPS) is 33.6. The number of nitrogens with one attached hydrogen (secondary N) is 2.